The first kappa shape index (κ1) is 8.65. The number of nitriles is 1. The van der Waals surface area contributed by atoms with Gasteiger partial charge in [-0.25, -0.2) is 15.2 Å². The molecule has 0 aromatic rings. The van der Waals surface area contributed by atoms with Gasteiger partial charge in [0.05, 0.1) is 6.04 Å². The monoisotopic (exact) mass is 169 g/mol. The van der Waals surface area contributed by atoms with E-state index in [4.69, 9.17) is 10.4 Å². The van der Waals surface area contributed by atoms with Gasteiger partial charge in [-0.05, 0) is 12.8 Å². The second-order valence-electron chi connectivity index (χ2n) is 2.83. The molecule has 0 spiro atoms. The fourth-order valence-electron chi connectivity index (χ4n) is 1.46. The molecule has 66 valence electrons. The van der Waals surface area contributed by atoms with E-state index in [-0.39, 0.29) is 6.04 Å². The molecule has 12 heavy (non-hydrogen) atoms. The van der Waals surface area contributed by atoms with Gasteiger partial charge in [-0.15, -0.1) is 0 Å². The molecule has 1 saturated carbocycles. The predicted molar refractivity (Wildman–Crippen MR) is 40.9 cm³/mol. The summed E-state index contributed by atoms with van der Waals surface area (Å²) >= 11 is 0. The van der Waals surface area contributed by atoms with Gasteiger partial charge in [0.15, 0.2) is 6.19 Å². The number of carboxylic acid groups (broad SMARTS) is 1. The van der Waals surface area contributed by atoms with E-state index in [0.29, 0.717) is 0 Å². The van der Waals surface area contributed by atoms with E-state index in [1.54, 1.807) is 0 Å². The number of carbonyl (C=O) groups is 1. The molecule has 1 aliphatic rings. The average molecular weight is 169 g/mol. The lowest BCUT2D eigenvalue weighted by Crippen LogP contribution is -2.43. The zero-order chi connectivity index (χ0) is 8.97. The highest BCUT2D eigenvalue weighted by atomic mass is 16.4. The van der Waals surface area contributed by atoms with E-state index in [2.05, 4.69) is 5.43 Å². The molecule has 0 bridgehead atoms. The minimum absolute atomic E-state index is 0.0612. The summed E-state index contributed by atoms with van der Waals surface area (Å²) in [7, 11) is 0. The maximum Gasteiger partial charge on any atom is 0.424 e. The summed E-state index contributed by atoms with van der Waals surface area (Å²) in [6, 6.07) is 0.0612. The predicted octanol–water partition coefficient (Wildman–Crippen LogP) is 0.895. The van der Waals surface area contributed by atoms with Crippen LogP contribution in [0.15, 0.2) is 0 Å². The first-order valence-corrected chi connectivity index (χ1v) is 3.92. The molecule has 5 heteroatoms. The number of hydrazine groups is 1. The van der Waals surface area contributed by atoms with Crippen LogP contribution in [0.25, 0.3) is 0 Å². The number of rotatable bonds is 2. The van der Waals surface area contributed by atoms with Crippen LogP contribution in [0.3, 0.4) is 0 Å². The Morgan fingerprint density at radius 2 is 2.17 bits per heavy atom. The molecule has 0 unspecified atom stereocenters. The van der Waals surface area contributed by atoms with Gasteiger partial charge >= 0.3 is 6.09 Å². The summed E-state index contributed by atoms with van der Waals surface area (Å²) in [6.45, 7) is 0. The number of nitrogens with zero attached hydrogens (tertiary/aromatic N) is 2. The van der Waals surface area contributed by atoms with Crippen molar-refractivity contribution in [3.05, 3.63) is 0 Å². The molecule has 0 radical (unpaired) electrons. The molecule has 1 amide bonds. The lowest BCUT2D eigenvalue weighted by molar-refractivity contribution is 0.148. The Bertz CT molecular complexity index is 205. The Kier molecular flexibility index (Phi) is 2.75. The van der Waals surface area contributed by atoms with Crippen molar-refractivity contribution in [2.75, 3.05) is 0 Å². The van der Waals surface area contributed by atoms with Crippen LogP contribution in [0.5, 0.6) is 0 Å². The minimum Gasteiger partial charge on any atom is -0.464 e. The van der Waals surface area contributed by atoms with Gasteiger partial charge in [0.2, 0.25) is 0 Å². The molecule has 0 saturated heterocycles. The SMILES string of the molecule is N#CN(NC(=O)O)C1CCCC1. The molecule has 0 aliphatic heterocycles. The van der Waals surface area contributed by atoms with Crippen LogP contribution in [0.4, 0.5) is 4.79 Å². The van der Waals surface area contributed by atoms with Crippen molar-refractivity contribution in [1.82, 2.24) is 10.4 Å². The fraction of sp³-hybridized carbons (Fsp3) is 0.714. The van der Waals surface area contributed by atoms with E-state index >= 15 is 0 Å². The van der Waals surface area contributed by atoms with Gasteiger partial charge in [-0.1, -0.05) is 12.8 Å². The smallest absolute Gasteiger partial charge is 0.424 e. The second-order valence-corrected chi connectivity index (χ2v) is 2.83. The van der Waals surface area contributed by atoms with Crippen molar-refractivity contribution >= 4 is 6.09 Å². The second kappa shape index (κ2) is 3.81. The van der Waals surface area contributed by atoms with E-state index in [0.717, 1.165) is 30.7 Å². The Labute approximate surface area is 70.6 Å². The minimum atomic E-state index is -1.18. The Morgan fingerprint density at radius 1 is 1.58 bits per heavy atom. The van der Waals surface area contributed by atoms with E-state index < -0.39 is 6.09 Å². The Hall–Kier alpha value is -1.44. The van der Waals surface area contributed by atoms with E-state index in [9.17, 15) is 4.79 Å². The molecule has 0 aromatic heterocycles. The topological polar surface area (TPSA) is 76.4 Å². The highest BCUT2D eigenvalue weighted by Gasteiger charge is 2.22. The first-order chi connectivity index (χ1) is 5.74. The number of amides is 1. The van der Waals surface area contributed by atoms with Gasteiger partial charge in [0.1, 0.15) is 0 Å². The molecule has 0 heterocycles. The third-order valence-electron chi connectivity index (χ3n) is 2.01. The zero-order valence-electron chi connectivity index (χ0n) is 6.66. The van der Waals surface area contributed by atoms with Gasteiger partial charge < -0.3 is 5.11 Å². The number of hydrogen-bond donors (Lipinski definition) is 2. The Balaban J connectivity index is 2.44. The highest BCUT2D eigenvalue weighted by molar-refractivity contribution is 5.63. The summed E-state index contributed by atoms with van der Waals surface area (Å²) in [5.74, 6) is 0. The van der Waals surface area contributed by atoms with Crippen LogP contribution >= 0.6 is 0 Å². The molecule has 0 atom stereocenters. The van der Waals surface area contributed by atoms with Crippen molar-refractivity contribution in [2.45, 2.75) is 31.7 Å². The van der Waals surface area contributed by atoms with Crippen LogP contribution in [0, 0.1) is 11.5 Å². The van der Waals surface area contributed by atoms with Crippen LogP contribution in [-0.2, 0) is 0 Å². The molecular formula is C7H11N3O2. The molecule has 1 rings (SSSR count). The standard InChI is InChI=1S/C7H11N3O2/c8-5-10(9-7(11)12)6-3-1-2-4-6/h6,9H,1-4H2,(H,11,12). The van der Waals surface area contributed by atoms with E-state index in [1.807, 2.05) is 6.19 Å². The molecule has 1 fully saturated rings. The third-order valence-corrected chi connectivity index (χ3v) is 2.01. The van der Waals surface area contributed by atoms with Crippen molar-refractivity contribution in [1.29, 1.82) is 5.26 Å². The number of nitrogens with one attached hydrogen (secondary N) is 1. The normalized spacial score (nSPS) is 16.9. The Morgan fingerprint density at radius 3 is 2.58 bits per heavy atom. The lowest BCUT2D eigenvalue weighted by atomic mass is 10.2. The first-order valence-electron chi connectivity index (χ1n) is 3.92. The van der Waals surface area contributed by atoms with Crippen molar-refractivity contribution in [3.8, 4) is 6.19 Å². The van der Waals surface area contributed by atoms with Crippen LogP contribution < -0.4 is 5.43 Å². The molecular weight excluding hydrogens is 158 g/mol. The van der Waals surface area contributed by atoms with Crippen molar-refractivity contribution < 1.29 is 9.90 Å². The average Bonchev–Trinajstić information content (AvgIpc) is 2.51. The largest absolute Gasteiger partial charge is 0.464 e. The zero-order valence-corrected chi connectivity index (χ0v) is 6.66. The number of hydrogen-bond acceptors (Lipinski definition) is 3. The third kappa shape index (κ3) is 2.02. The van der Waals surface area contributed by atoms with Crippen LogP contribution in [-0.4, -0.2) is 22.3 Å². The van der Waals surface area contributed by atoms with Crippen molar-refractivity contribution in [3.63, 3.8) is 0 Å². The maximum absolute atomic E-state index is 10.2. The highest BCUT2D eigenvalue weighted by Crippen LogP contribution is 2.21. The summed E-state index contributed by atoms with van der Waals surface area (Å²) in [4.78, 5) is 10.2. The van der Waals surface area contributed by atoms with Gasteiger partial charge in [-0.3, -0.25) is 0 Å². The summed E-state index contributed by atoms with van der Waals surface area (Å²) in [6.07, 6.45) is 4.58. The van der Waals surface area contributed by atoms with Gasteiger partial charge in [-0.2, -0.15) is 5.26 Å². The fourth-order valence-corrected chi connectivity index (χ4v) is 1.46. The summed E-state index contributed by atoms with van der Waals surface area (Å²) in [5.41, 5.74) is 2.06. The van der Waals surface area contributed by atoms with Crippen molar-refractivity contribution in [2.24, 2.45) is 0 Å². The summed E-state index contributed by atoms with van der Waals surface area (Å²) < 4.78 is 0. The summed E-state index contributed by atoms with van der Waals surface area (Å²) in [5, 5.41) is 18.1. The maximum atomic E-state index is 10.2. The molecule has 5 nitrogen and oxygen atoms in total. The molecule has 2 N–H and O–H groups in total. The molecule has 1 aliphatic carbocycles. The van der Waals surface area contributed by atoms with Crippen LogP contribution in [0.2, 0.25) is 0 Å². The van der Waals surface area contributed by atoms with E-state index in [1.165, 1.54) is 0 Å². The lowest BCUT2D eigenvalue weighted by Gasteiger charge is -2.20. The van der Waals surface area contributed by atoms with Crippen LogP contribution in [0.1, 0.15) is 25.7 Å². The van der Waals surface area contributed by atoms with Gasteiger partial charge in [0, 0.05) is 0 Å². The molecule has 0 aromatic carbocycles. The quantitative estimate of drug-likeness (QED) is 0.365. The van der Waals surface area contributed by atoms with Gasteiger partial charge in [0.25, 0.3) is 0 Å².